The molecule has 0 atom stereocenters. The van der Waals surface area contributed by atoms with E-state index < -0.39 is 0 Å². The van der Waals surface area contributed by atoms with Gasteiger partial charge in [-0.3, -0.25) is 4.79 Å². The monoisotopic (exact) mass is 276 g/mol. The van der Waals surface area contributed by atoms with Crippen LogP contribution in [0.25, 0.3) is 6.08 Å². The molecule has 3 nitrogen and oxygen atoms in total. The number of carbonyl (C=O) groups is 1. The predicted octanol–water partition coefficient (Wildman–Crippen LogP) is 2.44. The highest BCUT2D eigenvalue weighted by molar-refractivity contribution is 5.91. The third-order valence-electron chi connectivity index (χ3n) is 3.47. The molecule has 1 aliphatic rings. The molecule has 1 aromatic carbocycles. The minimum Gasteiger partial charge on any atom is -0.351 e. The van der Waals surface area contributed by atoms with Gasteiger partial charge in [0, 0.05) is 19.2 Å². The Hall–Kier alpha value is -1.68. The lowest BCUT2D eigenvalue weighted by molar-refractivity contribution is -0.116. The summed E-state index contributed by atoms with van der Waals surface area (Å²) in [7, 11) is 0. The lowest BCUT2D eigenvalue weighted by Crippen LogP contribution is -2.37. The van der Waals surface area contributed by atoms with E-state index in [1.165, 1.54) is 37.5 Å². The van der Waals surface area contributed by atoms with E-state index in [0.717, 1.165) is 25.2 Å². The lowest BCUT2D eigenvalue weighted by Gasteiger charge is -2.26. The molecule has 1 aliphatic heterocycles. The molecule has 0 radical (unpaired) electrons. The van der Waals surface area contributed by atoms with Crippen LogP contribution in [0.15, 0.2) is 30.3 Å². The number of nitrogens with zero attached hydrogens (tertiary/aromatic N) is 1. The number of rotatable bonds is 5. The quantitative estimate of drug-likeness (QED) is 0.838. The van der Waals surface area contributed by atoms with Gasteiger partial charge < -0.3 is 10.2 Å². The summed E-state index contributed by atoms with van der Waals surface area (Å²) in [6.45, 7) is 3.87. The second kappa shape index (κ2) is 7.80. The van der Waals surface area contributed by atoms with Crippen LogP contribution < -0.4 is 5.32 Å². The minimum atomic E-state index is -0.270. The normalized spacial score (nSPS) is 16.4. The largest absolute Gasteiger partial charge is 0.351 e. The Balaban J connectivity index is 1.68. The van der Waals surface area contributed by atoms with Crippen LogP contribution >= 0.6 is 0 Å². The second-order valence-corrected chi connectivity index (χ2v) is 5.08. The molecule has 0 aromatic heterocycles. The summed E-state index contributed by atoms with van der Waals surface area (Å²) in [5.74, 6) is -0.375. The van der Waals surface area contributed by atoms with Crippen LogP contribution in [0.2, 0.25) is 0 Å². The number of piperidine rings is 1. The molecule has 0 bridgehead atoms. The van der Waals surface area contributed by atoms with Gasteiger partial charge in [0.25, 0.3) is 0 Å². The average molecular weight is 276 g/mol. The van der Waals surface area contributed by atoms with Gasteiger partial charge in [0.2, 0.25) is 5.91 Å². The zero-order chi connectivity index (χ0) is 14.2. The summed E-state index contributed by atoms with van der Waals surface area (Å²) in [6, 6.07) is 6.06. The fraction of sp³-hybridized carbons (Fsp3) is 0.438. The summed E-state index contributed by atoms with van der Waals surface area (Å²) in [6.07, 6.45) is 7.03. The number of hydrogen-bond donors (Lipinski definition) is 1. The first kappa shape index (κ1) is 14.7. The summed E-state index contributed by atoms with van der Waals surface area (Å²) in [4.78, 5) is 14.0. The van der Waals surface area contributed by atoms with Crippen LogP contribution in [0.1, 0.15) is 24.8 Å². The van der Waals surface area contributed by atoms with Crippen molar-refractivity contribution in [2.45, 2.75) is 19.3 Å². The summed E-state index contributed by atoms with van der Waals surface area (Å²) in [5, 5.41) is 2.87. The molecule has 108 valence electrons. The molecule has 20 heavy (non-hydrogen) atoms. The van der Waals surface area contributed by atoms with Gasteiger partial charge in [-0.05, 0) is 49.7 Å². The van der Waals surface area contributed by atoms with Crippen molar-refractivity contribution in [2.24, 2.45) is 0 Å². The Morgan fingerprint density at radius 1 is 1.20 bits per heavy atom. The van der Waals surface area contributed by atoms with Gasteiger partial charge in [0.1, 0.15) is 5.82 Å². The van der Waals surface area contributed by atoms with Crippen molar-refractivity contribution in [1.29, 1.82) is 0 Å². The summed E-state index contributed by atoms with van der Waals surface area (Å²) >= 11 is 0. The third kappa shape index (κ3) is 5.13. The molecule has 0 spiro atoms. The van der Waals surface area contributed by atoms with Gasteiger partial charge in [-0.15, -0.1) is 0 Å². The zero-order valence-electron chi connectivity index (χ0n) is 11.6. The van der Waals surface area contributed by atoms with E-state index in [1.54, 1.807) is 18.2 Å². The molecule has 1 fully saturated rings. The lowest BCUT2D eigenvalue weighted by atomic mass is 10.1. The van der Waals surface area contributed by atoms with Crippen molar-refractivity contribution >= 4 is 12.0 Å². The van der Waals surface area contributed by atoms with Gasteiger partial charge >= 0.3 is 0 Å². The number of carbonyl (C=O) groups excluding carboxylic acids is 1. The molecular weight excluding hydrogens is 255 g/mol. The molecule has 1 N–H and O–H groups in total. The molecule has 1 amide bonds. The Labute approximate surface area is 119 Å². The van der Waals surface area contributed by atoms with E-state index in [0.29, 0.717) is 6.54 Å². The first-order valence-electron chi connectivity index (χ1n) is 7.18. The van der Waals surface area contributed by atoms with E-state index in [1.807, 2.05) is 0 Å². The van der Waals surface area contributed by atoms with E-state index in [9.17, 15) is 9.18 Å². The standard InChI is InChI=1S/C16H21FN2O/c17-15-7-4-14(5-8-15)6-9-16(20)18-10-13-19-11-2-1-3-12-19/h4-9H,1-3,10-13H2,(H,18,20). The highest BCUT2D eigenvalue weighted by Crippen LogP contribution is 2.07. The molecule has 0 saturated carbocycles. The van der Waals surface area contributed by atoms with E-state index >= 15 is 0 Å². The molecule has 0 unspecified atom stereocenters. The van der Waals surface area contributed by atoms with Crippen LogP contribution in [-0.2, 0) is 4.79 Å². The number of hydrogen-bond acceptors (Lipinski definition) is 2. The van der Waals surface area contributed by atoms with Gasteiger partial charge in [-0.1, -0.05) is 18.6 Å². The summed E-state index contributed by atoms with van der Waals surface area (Å²) < 4.78 is 12.7. The molecule has 1 aromatic rings. The van der Waals surface area contributed by atoms with Crippen molar-refractivity contribution in [3.63, 3.8) is 0 Å². The second-order valence-electron chi connectivity index (χ2n) is 5.08. The molecule has 1 heterocycles. The first-order valence-corrected chi connectivity index (χ1v) is 7.18. The fourth-order valence-electron chi connectivity index (χ4n) is 2.32. The van der Waals surface area contributed by atoms with Crippen molar-refractivity contribution in [3.8, 4) is 0 Å². The Kier molecular flexibility index (Phi) is 5.74. The van der Waals surface area contributed by atoms with Crippen LogP contribution in [0, 0.1) is 5.82 Å². The van der Waals surface area contributed by atoms with E-state index in [2.05, 4.69) is 10.2 Å². The smallest absolute Gasteiger partial charge is 0.244 e. The number of benzene rings is 1. The van der Waals surface area contributed by atoms with Crippen LogP contribution in [0.5, 0.6) is 0 Å². The van der Waals surface area contributed by atoms with Crippen LogP contribution in [-0.4, -0.2) is 37.0 Å². The highest BCUT2D eigenvalue weighted by Gasteiger charge is 2.09. The van der Waals surface area contributed by atoms with Crippen molar-refractivity contribution in [1.82, 2.24) is 10.2 Å². The van der Waals surface area contributed by atoms with E-state index in [-0.39, 0.29) is 11.7 Å². The van der Waals surface area contributed by atoms with Crippen molar-refractivity contribution < 1.29 is 9.18 Å². The fourth-order valence-corrected chi connectivity index (χ4v) is 2.32. The SMILES string of the molecule is O=C(C=Cc1ccc(F)cc1)NCCN1CCCCC1. The summed E-state index contributed by atoms with van der Waals surface area (Å²) in [5.41, 5.74) is 0.817. The Morgan fingerprint density at radius 2 is 1.90 bits per heavy atom. The number of likely N-dealkylation sites (tertiary alicyclic amines) is 1. The zero-order valence-corrected chi connectivity index (χ0v) is 11.6. The number of amides is 1. The van der Waals surface area contributed by atoms with Crippen molar-refractivity contribution in [3.05, 3.63) is 41.7 Å². The Bertz CT molecular complexity index is 450. The number of halogens is 1. The molecule has 4 heteroatoms. The Morgan fingerprint density at radius 3 is 2.60 bits per heavy atom. The van der Waals surface area contributed by atoms with Gasteiger partial charge in [-0.2, -0.15) is 0 Å². The topological polar surface area (TPSA) is 32.3 Å². The van der Waals surface area contributed by atoms with Gasteiger partial charge in [0.05, 0.1) is 0 Å². The van der Waals surface area contributed by atoms with Crippen LogP contribution in [0.4, 0.5) is 4.39 Å². The number of nitrogens with one attached hydrogen (secondary N) is 1. The molecule has 1 saturated heterocycles. The predicted molar refractivity (Wildman–Crippen MR) is 78.7 cm³/mol. The maximum atomic E-state index is 12.7. The minimum absolute atomic E-state index is 0.105. The highest BCUT2D eigenvalue weighted by atomic mass is 19.1. The average Bonchev–Trinajstić information content (AvgIpc) is 2.48. The molecule has 2 rings (SSSR count). The first-order chi connectivity index (χ1) is 9.74. The van der Waals surface area contributed by atoms with Gasteiger partial charge in [0.15, 0.2) is 0 Å². The van der Waals surface area contributed by atoms with Gasteiger partial charge in [-0.25, -0.2) is 4.39 Å². The maximum absolute atomic E-state index is 12.7. The molecule has 0 aliphatic carbocycles. The molecular formula is C16H21FN2O. The van der Waals surface area contributed by atoms with Crippen molar-refractivity contribution in [2.75, 3.05) is 26.2 Å². The van der Waals surface area contributed by atoms with Crippen LogP contribution in [0.3, 0.4) is 0 Å². The third-order valence-corrected chi connectivity index (χ3v) is 3.47. The maximum Gasteiger partial charge on any atom is 0.244 e. The van der Waals surface area contributed by atoms with E-state index in [4.69, 9.17) is 0 Å².